The highest BCUT2D eigenvalue weighted by Crippen LogP contribution is 2.09. The molecule has 2 nitrogen and oxygen atoms in total. The van der Waals surface area contributed by atoms with Gasteiger partial charge in [-0.25, -0.2) is 0 Å². The molecule has 0 fully saturated rings. The molecule has 0 rings (SSSR count). The Hall–Kier alpha value is 0.137. The highest BCUT2D eigenvalue weighted by atomic mass is 28.3. The van der Waals surface area contributed by atoms with Gasteiger partial charge >= 0.3 is 0 Å². The average molecular weight is 202 g/mol. The van der Waals surface area contributed by atoms with Gasteiger partial charge in [0.1, 0.15) is 0 Å². The average Bonchev–Trinajstić information content (AvgIpc) is 2.01. The van der Waals surface area contributed by atoms with Gasteiger partial charge in [0.2, 0.25) is 8.40 Å². The number of rotatable bonds is 6. The highest BCUT2D eigenvalue weighted by molar-refractivity contribution is 6.75. The van der Waals surface area contributed by atoms with Crippen molar-refractivity contribution in [1.29, 1.82) is 0 Å². The molecule has 0 aromatic heterocycles. The standard InChI is InChI=1S/C10H26N2Si/c1-7-13(8-2,11-9(3)4)12-10(5)6/h9-12H,7-8H2,1-6H3. The van der Waals surface area contributed by atoms with Crippen molar-refractivity contribution in [2.24, 2.45) is 0 Å². The number of hydrogen-bond donors (Lipinski definition) is 2. The highest BCUT2D eigenvalue weighted by Gasteiger charge is 2.30. The zero-order valence-corrected chi connectivity index (χ0v) is 11.1. The second kappa shape index (κ2) is 5.78. The molecule has 0 saturated heterocycles. The molecule has 0 atom stereocenters. The Morgan fingerprint density at radius 1 is 0.846 bits per heavy atom. The third kappa shape index (κ3) is 4.79. The molecule has 13 heavy (non-hydrogen) atoms. The van der Waals surface area contributed by atoms with Crippen LogP contribution in [0.4, 0.5) is 0 Å². The van der Waals surface area contributed by atoms with Crippen LogP contribution in [0, 0.1) is 0 Å². The fourth-order valence-corrected chi connectivity index (χ4v) is 5.42. The molecule has 0 spiro atoms. The summed E-state index contributed by atoms with van der Waals surface area (Å²) >= 11 is 0. The molecule has 0 aliphatic rings. The smallest absolute Gasteiger partial charge is 0.201 e. The summed E-state index contributed by atoms with van der Waals surface area (Å²) in [5.41, 5.74) is 0. The summed E-state index contributed by atoms with van der Waals surface area (Å²) in [5.74, 6) is 0. The number of nitrogens with one attached hydrogen (secondary N) is 2. The molecule has 0 radical (unpaired) electrons. The quantitative estimate of drug-likeness (QED) is 0.647. The molecule has 0 aliphatic carbocycles. The van der Waals surface area contributed by atoms with Gasteiger partial charge in [-0.1, -0.05) is 41.5 Å². The molecule has 0 aromatic rings. The Morgan fingerprint density at radius 3 is 1.31 bits per heavy atom. The fourth-order valence-electron chi connectivity index (χ4n) is 1.81. The Balaban J connectivity index is 4.30. The maximum atomic E-state index is 3.75. The van der Waals surface area contributed by atoms with Crippen LogP contribution in [0.15, 0.2) is 0 Å². The van der Waals surface area contributed by atoms with Gasteiger partial charge in [0.25, 0.3) is 0 Å². The molecule has 0 aromatic carbocycles. The normalized spacial score (nSPS) is 12.9. The minimum Gasteiger partial charge on any atom is -0.323 e. The van der Waals surface area contributed by atoms with E-state index in [1.54, 1.807) is 0 Å². The maximum absolute atomic E-state index is 3.75. The van der Waals surface area contributed by atoms with Crippen molar-refractivity contribution in [2.75, 3.05) is 0 Å². The molecule has 0 heterocycles. The summed E-state index contributed by atoms with van der Waals surface area (Å²) in [6, 6.07) is 3.72. The largest absolute Gasteiger partial charge is 0.323 e. The first-order valence-electron chi connectivity index (χ1n) is 5.51. The fraction of sp³-hybridized carbons (Fsp3) is 1.00. The van der Waals surface area contributed by atoms with Crippen LogP contribution in [0.1, 0.15) is 41.5 Å². The lowest BCUT2D eigenvalue weighted by Gasteiger charge is -2.35. The third-order valence-corrected chi connectivity index (χ3v) is 7.01. The van der Waals surface area contributed by atoms with Gasteiger partial charge in [-0.05, 0) is 24.2 Å². The first kappa shape index (κ1) is 13.1. The van der Waals surface area contributed by atoms with E-state index in [0.29, 0.717) is 12.1 Å². The van der Waals surface area contributed by atoms with Gasteiger partial charge in [0.15, 0.2) is 0 Å². The minimum atomic E-state index is -1.37. The molecule has 3 heteroatoms. The molecule has 0 amide bonds. The second-order valence-corrected chi connectivity index (χ2v) is 8.54. The summed E-state index contributed by atoms with van der Waals surface area (Å²) in [5, 5.41) is 0. The molecule has 0 bridgehead atoms. The monoisotopic (exact) mass is 202 g/mol. The third-order valence-electron chi connectivity index (χ3n) is 2.34. The molecule has 0 aliphatic heterocycles. The van der Waals surface area contributed by atoms with Crippen LogP contribution in [0.2, 0.25) is 12.1 Å². The summed E-state index contributed by atoms with van der Waals surface area (Å²) in [7, 11) is -1.37. The summed E-state index contributed by atoms with van der Waals surface area (Å²) in [6.45, 7) is 13.5. The van der Waals surface area contributed by atoms with Crippen LogP contribution in [0.25, 0.3) is 0 Å². The SMILES string of the molecule is CC[Si](CC)(NC(C)C)NC(C)C. The van der Waals surface area contributed by atoms with Gasteiger partial charge < -0.3 is 9.96 Å². The Labute approximate surface area is 84.7 Å². The van der Waals surface area contributed by atoms with E-state index in [0.717, 1.165) is 0 Å². The predicted molar refractivity (Wildman–Crippen MR) is 63.3 cm³/mol. The first-order valence-corrected chi connectivity index (χ1v) is 7.92. The van der Waals surface area contributed by atoms with Crippen molar-refractivity contribution in [1.82, 2.24) is 9.96 Å². The van der Waals surface area contributed by atoms with E-state index < -0.39 is 8.40 Å². The van der Waals surface area contributed by atoms with E-state index in [1.807, 2.05) is 0 Å². The van der Waals surface area contributed by atoms with Crippen LogP contribution in [-0.2, 0) is 0 Å². The van der Waals surface area contributed by atoms with Crippen molar-refractivity contribution in [2.45, 2.75) is 65.7 Å². The summed E-state index contributed by atoms with van der Waals surface area (Å²) in [6.07, 6.45) is 0. The van der Waals surface area contributed by atoms with Crippen molar-refractivity contribution in [3.05, 3.63) is 0 Å². The van der Waals surface area contributed by atoms with E-state index in [-0.39, 0.29) is 0 Å². The van der Waals surface area contributed by atoms with E-state index in [1.165, 1.54) is 12.1 Å². The topological polar surface area (TPSA) is 24.1 Å². The lowest BCUT2D eigenvalue weighted by molar-refractivity contribution is 0.650. The second-order valence-electron chi connectivity index (χ2n) is 4.39. The van der Waals surface area contributed by atoms with Crippen molar-refractivity contribution < 1.29 is 0 Å². The van der Waals surface area contributed by atoms with Crippen molar-refractivity contribution >= 4 is 8.40 Å². The Bertz CT molecular complexity index is 119. The molecule has 2 N–H and O–H groups in total. The van der Waals surface area contributed by atoms with E-state index in [2.05, 4.69) is 51.5 Å². The molecular formula is C10H26N2Si. The van der Waals surface area contributed by atoms with Crippen LogP contribution in [-0.4, -0.2) is 20.5 Å². The van der Waals surface area contributed by atoms with Crippen LogP contribution in [0.3, 0.4) is 0 Å². The minimum absolute atomic E-state index is 0.595. The molecule has 80 valence electrons. The Kier molecular flexibility index (Phi) is 5.84. The van der Waals surface area contributed by atoms with Gasteiger partial charge in [-0.15, -0.1) is 0 Å². The summed E-state index contributed by atoms with van der Waals surface area (Å²) in [4.78, 5) is 7.50. The van der Waals surface area contributed by atoms with Gasteiger partial charge in [0.05, 0.1) is 0 Å². The Morgan fingerprint density at radius 2 is 1.15 bits per heavy atom. The lowest BCUT2D eigenvalue weighted by Crippen LogP contribution is -2.65. The predicted octanol–water partition coefficient (Wildman–Crippen LogP) is 2.46. The first-order chi connectivity index (χ1) is 5.95. The van der Waals surface area contributed by atoms with E-state index in [9.17, 15) is 0 Å². The van der Waals surface area contributed by atoms with Crippen LogP contribution >= 0.6 is 0 Å². The molecular weight excluding hydrogens is 176 g/mol. The van der Waals surface area contributed by atoms with E-state index in [4.69, 9.17) is 0 Å². The van der Waals surface area contributed by atoms with Crippen molar-refractivity contribution in [3.63, 3.8) is 0 Å². The van der Waals surface area contributed by atoms with Gasteiger partial charge in [0, 0.05) is 0 Å². The van der Waals surface area contributed by atoms with Crippen LogP contribution in [0.5, 0.6) is 0 Å². The maximum Gasteiger partial charge on any atom is 0.201 e. The van der Waals surface area contributed by atoms with Crippen LogP contribution < -0.4 is 9.96 Å². The summed E-state index contributed by atoms with van der Waals surface area (Å²) < 4.78 is 0. The number of hydrogen-bond acceptors (Lipinski definition) is 2. The van der Waals surface area contributed by atoms with E-state index >= 15 is 0 Å². The lowest BCUT2D eigenvalue weighted by atomic mass is 10.4. The zero-order valence-electron chi connectivity index (χ0n) is 10.1. The van der Waals surface area contributed by atoms with Crippen molar-refractivity contribution in [3.8, 4) is 0 Å². The molecule has 0 saturated carbocycles. The van der Waals surface area contributed by atoms with Gasteiger partial charge in [-0.3, -0.25) is 0 Å². The zero-order chi connectivity index (χ0) is 10.5. The van der Waals surface area contributed by atoms with Gasteiger partial charge in [-0.2, -0.15) is 0 Å². The molecule has 0 unspecified atom stereocenters.